The highest BCUT2D eigenvalue weighted by Crippen LogP contribution is 2.22. The molecule has 0 bridgehead atoms. The van der Waals surface area contributed by atoms with E-state index in [1.807, 2.05) is 0 Å². The maximum Gasteiger partial charge on any atom is 0.283 e. The average molecular weight is 302 g/mol. The van der Waals surface area contributed by atoms with Gasteiger partial charge in [0.1, 0.15) is 6.61 Å². The maximum absolute atomic E-state index is 12.9. The van der Waals surface area contributed by atoms with Gasteiger partial charge < -0.3 is 5.11 Å². The van der Waals surface area contributed by atoms with E-state index in [0.717, 1.165) is 0 Å². The minimum Gasteiger partial charge on any atom is -0.390 e. The molecule has 2 N–H and O–H groups in total. The Morgan fingerprint density at radius 1 is 1.30 bits per heavy atom. The van der Waals surface area contributed by atoms with Gasteiger partial charge in [-0.25, -0.2) is 21.9 Å². The van der Waals surface area contributed by atoms with Crippen LogP contribution in [0.2, 0.25) is 0 Å². The van der Waals surface area contributed by atoms with Crippen molar-refractivity contribution in [2.24, 2.45) is 0 Å². The molecule has 0 aliphatic carbocycles. The lowest BCUT2D eigenvalue weighted by Crippen LogP contribution is -2.39. The van der Waals surface area contributed by atoms with Crippen LogP contribution >= 0.6 is 0 Å². The summed E-state index contributed by atoms with van der Waals surface area (Å²) in [5, 5.41) is 9.42. The standard InChI is InChI=1S/C12H12F2N2O3S/c13-12(14,8-17)7-16-20(18,19)11-3-1-2-9-6-15-5-4-10(9)11/h1-6,16-17H,7-8H2. The number of nitrogens with one attached hydrogen (secondary N) is 1. The fourth-order valence-corrected chi connectivity index (χ4v) is 2.95. The van der Waals surface area contributed by atoms with Crippen LogP contribution in [-0.2, 0) is 10.0 Å². The van der Waals surface area contributed by atoms with E-state index in [4.69, 9.17) is 5.11 Å². The molecule has 0 amide bonds. The molecule has 1 aromatic carbocycles. The number of rotatable bonds is 5. The second-order valence-electron chi connectivity index (χ2n) is 4.19. The third-order valence-electron chi connectivity index (χ3n) is 2.68. The second-order valence-corrected chi connectivity index (χ2v) is 5.93. The zero-order valence-corrected chi connectivity index (χ0v) is 11.1. The molecule has 0 aliphatic rings. The number of fused-ring (bicyclic) bond motifs is 1. The van der Waals surface area contributed by atoms with E-state index < -0.39 is 29.1 Å². The monoisotopic (exact) mass is 302 g/mol. The number of halogens is 2. The lowest BCUT2D eigenvalue weighted by Gasteiger charge is -2.15. The van der Waals surface area contributed by atoms with Crippen LogP contribution in [0.5, 0.6) is 0 Å². The van der Waals surface area contributed by atoms with Crippen molar-refractivity contribution >= 4 is 20.8 Å². The van der Waals surface area contributed by atoms with Crippen molar-refractivity contribution in [1.82, 2.24) is 9.71 Å². The number of hydrogen-bond acceptors (Lipinski definition) is 4. The first-order valence-corrected chi connectivity index (χ1v) is 7.15. The Hall–Kier alpha value is -1.64. The van der Waals surface area contributed by atoms with Crippen molar-refractivity contribution in [3.63, 3.8) is 0 Å². The first-order chi connectivity index (χ1) is 9.36. The Kier molecular flexibility index (Phi) is 3.98. The third-order valence-corrected chi connectivity index (χ3v) is 4.14. The van der Waals surface area contributed by atoms with Crippen LogP contribution in [-0.4, -0.2) is 37.6 Å². The molecule has 0 saturated carbocycles. The lowest BCUT2D eigenvalue weighted by atomic mass is 10.2. The van der Waals surface area contributed by atoms with Crippen molar-refractivity contribution in [2.75, 3.05) is 13.2 Å². The predicted octanol–water partition coefficient (Wildman–Crippen LogP) is 1.14. The van der Waals surface area contributed by atoms with Crippen LogP contribution in [0.15, 0.2) is 41.6 Å². The Morgan fingerprint density at radius 2 is 2.05 bits per heavy atom. The first-order valence-electron chi connectivity index (χ1n) is 5.67. The second kappa shape index (κ2) is 5.39. The zero-order chi connectivity index (χ0) is 14.8. The molecule has 1 heterocycles. The highest BCUT2D eigenvalue weighted by atomic mass is 32.2. The Morgan fingerprint density at radius 3 is 2.75 bits per heavy atom. The van der Waals surface area contributed by atoms with Crippen LogP contribution in [0.25, 0.3) is 10.8 Å². The van der Waals surface area contributed by atoms with Crippen LogP contribution in [0, 0.1) is 0 Å². The van der Waals surface area contributed by atoms with Crippen LogP contribution in [0.1, 0.15) is 0 Å². The van der Waals surface area contributed by atoms with Gasteiger partial charge in [0, 0.05) is 23.2 Å². The van der Waals surface area contributed by atoms with Gasteiger partial charge in [-0.1, -0.05) is 12.1 Å². The van der Waals surface area contributed by atoms with Crippen molar-refractivity contribution in [3.05, 3.63) is 36.7 Å². The van der Waals surface area contributed by atoms with Crippen molar-refractivity contribution in [1.29, 1.82) is 0 Å². The summed E-state index contributed by atoms with van der Waals surface area (Å²) in [6.07, 6.45) is 2.90. The Balaban J connectivity index is 2.38. The largest absolute Gasteiger partial charge is 0.390 e. The van der Waals surface area contributed by atoms with Crippen molar-refractivity contribution in [3.8, 4) is 0 Å². The number of aliphatic hydroxyl groups is 1. The normalized spacial score (nSPS) is 12.8. The summed E-state index contributed by atoms with van der Waals surface area (Å²) in [6, 6.07) is 5.99. The molecular weight excluding hydrogens is 290 g/mol. The Bertz CT molecular complexity index is 714. The van der Waals surface area contributed by atoms with E-state index >= 15 is 0 Å². The van der Waals surface area contributed by atoms with Gasteiger partial charge >= 0.3 is 0 Å². The number of benzene rings is 1. The lowest BCUT2D eigenvalue weighted by molar-refractivity contribution is -0.0437. The molecule has 0 unspecified atom stereocenters. The Labute approximate surface area is 114 Å². The SMILES string of the molecule is O=S(=O)(NCC(F)(F)CO)c1cccc2cnccc12. The van der Waals surface area contributed by atoms with Crippen LogP contribution in [0.4, 0.5) is 8.78 Å². The minimum atomic E-state index is -4.10. The smallest absolute Gasteiger partial charge is 0.283 e. The molecule has 8 heteroatoms. The maximum atomic E-state index is 12.9. The van der Waals surface area contributed by atoms with E-state index in [1.54, 1.807) is 10.8 Å². The summed E-state index contributed by atoms with van der Waals surface area (Å²) in [7, 11) is -4.10. The van der Waals surface area contributed by atoms with Gasteiger partial charge in [0.05, 0.1) is 11.4 Å². The van der Waals surface area contributed by atoms with E-state index in [2.05, 4.69) is 4.98 Å². The molecule has 0 spiro atoms. The molecule has 108 valence electrons. The van der Waals surface area contributed by atoms with Gasteiger partial charge in [-0.05, 0) is 12.1 Å². The topological polar surface area (TPSA) is 79.3 Å². The molecule has 20 heavy (non-hydrogen) atoms. The van der Waals surface area contributed by atoms with Gasteiger partial charge in [0.25, 0.3) is 5.92 Å². The number of alkyl halides is 2. The number of nitrogens with zero attached hydrogens (tertiary/aromatic N) is 1. The summed E-state index contributed by atoms with van der Waals surface area (Å²) in [5.74, 6) is -3.50. The van der Waals surface area contributed by atoms with Crippen LogP contribution in [0.3, 0.4) is 0 Å². The number of aromatic nitrogens is 1. The highest BCUT2D eigenvalue weighted by Gasteiger charge is 2.30. The van der Waals surface area contributed by atoms with Gasteiger partial charge in [-0.2, -0.15) is 0 Å². The average Bonchev–Trinajstić information content (AvgIpc) is 2.45. The minimum absolute atomic E-state index is 0.105. The van der Waals surface area contributed by atoms with Crippen molar-refractivity contribution < 1.29 is 22.3 Å². The molecule has 0 atom stereocenters. The fourth-order valence-electron chi connectivity index (χ4n) is 1.66. The number of aliphatic hydroxyl groups excluding tert-OH is 1. The molecule has 2 aromatic rings. The van der Waals surface area contributed by atoms with Crippen LogP contribution < -0.4 is 4.72 Å². The number of sulfonamides is 1. The molecule has 5 nitrogen and oxygen atoms in total. The van der Waals surface area contributed by atoms with E-state index in [-0.39, 0.29) is 4.90 Å². The summed E-state index contributed by atoms with van der Waals surface area (Å²) < 4.78 is 51.8. The molecule has 2 rings (SSSR count). The molecular formula is C12H12F2N2O3S. The van der Waals surface area contributed by atoms with E-state index in [9.17, 15) is 17.2 Å². The number of hydrogen-bond donors (Lipinski definition) is 2. The van der Waals surface area contributed by atoms with Crippen molar-refractivity contribution in [2.45, 2.75) is 10.8 Å². The van der Waals surface area contributed by atoms with E-state index in [0.29, 0.717) is 10.8 Å². The van der Waals surface area contributed by atoms with Gasteiger partial charge in [-0.15, -0.1) is 0 Å². The molecule has 0 fully saturated rings. The molecule has 1 aromatic heterocycles. The third kappa shape index (κ3) is 3.09. The molecule has 0 aliphatic heterocycles. The van der Waals surface area contributed by atoms with E-state index in [1.165, 1.54) is 30.6 Å². The molecule has 0 radical (unpaired) electrons. The molecule has 0 saturated heterocycles. The summed E-state index contributed by atoms with van der Waals surface area (Å²) in [5.41, 5.74) is 0. The highest BCUT2D eigenvalue weighted by molar-refractivity contribution is 7.89. The van der Waals surface area contributed by atoms with Gasteiger partial charge in [0.15, 0.2) is 0 Å². The van der Waals surface area contributed by atoms with Gasteiger partial charge in [-0.3, -0.25) is 4.98 Å². The summed E-state index contributed by atoms with van der Waals surface area (Å²) in [6.45, 7) is -2.58. The fraction of sp³-hybridized carbons (Fsp3) is 0.250. The summed E-state index contributed by atoms with van der Waals surface area (Å²) >= 11 is 0. The van der Waals surface area contributed by atoms with Gasteiger partial charge in [0.2, 0.25) is 10.0 Å². The predicted molar refractivity (Wildman–Crippen MR) is 69.0 cm³/mol. The number of pyridine rings is 1. The first kappa shape index (κ1) is 14.8. The zero-order valence-electron chi connectivity index (χ0n) is 10.3. The summed E-state index contributed by atoms with van der Waals surface area (Å²) in [4.78, 5) is 3.76. The quantitative estimate of drug-likeness (QED) is 0.868.